The molecule has 24 heavy (non-hydrogen) atoms. The van der Waals surface area contributed by atoms with Crippen LogP contribution < -0.4 is 11.2 Å². The molecule has 0 saturated heterocycles. The molecule has 1 atom stereocenters. The number of nitrogens with one attached hydrogen (secondary N) is 1. The van der Waals surface area contributed by atoms with E-state index in [1.807, 2.05) is 6.92 Å². The van der Waals surface area contributed by atoms with E-state index in [9.17, 15) is 19.5 Å². The lowest BCUT2D eigenvalue weighted by atomic mass is 10.1. The number of H-pyrrole nitrogens is 1. The standard InChI is InChI=1S/C17H16N2O4S/c1-2-6-11-9-12-14(24-11)18-17(23)19(15(12)20)13(16(21)22)10-7-4-3-5-8-10/h3-5,7-9,13H,2,6H2,1H3,(H,18,23)(H,21,22). The van der Waals surface area contributed by atoms with Crippen LogP contribution in [0.1, 0.15) is 29.8 Å². The van der Waals surface area contributed by atoms with E-state index in [1.165, 1.54) is 11.3 Å². The van der Waals surface area contributed by atoms with Crippen LogP contribution in [0.2, 0.25) is 0 Å². The van der Waals surface area contributed by atoms with Crippen molar-refractivity contribution >= 4 is 27.5 Å². The van der Waals surface area contributed by atoms with E-state index in [4.69, 9.17) is 0 Å². The van der Waals surface area contributed by atoms with Gasteiger partial charge in [-0.2, -0.15) is 0 Å². The van der Waals surface area contributed by atoms with E-state index in [2.05, 4.69) is 4.98 Å². The second-order valence-electron chi connectivity index (χ2n) is 5.46. The van der Waals surface area contributed by atoms with Gasteiger partial charge in [0.15, 0.2) is 6.04 Å². The van der Waals surface area contributed by atoms with Gasteiger partial charge < -0.3 is 5.11 Å². The number of benzene rings is 1. The second kappa shape index (κ2) is 6.45. The van der Waals surface area contributed by atoms with Crippen LogP contribution in [-0.4, -0.2) is 20.6 Å². The predicted molar refractivity (Wildman–Crippen MR) is 92.9 cm³/mol. The van der Waals surface area contributed by atoms with E-state index in [0.29, 0.717) is 15.8 Å². The molecule has 3 aromatic rings. The maximum Gasteiger partial charge on any atom is 0.331 e. The first-order valence-electron chi connectivity index (χ1n) is 7.58. The third-order valence-corrected chi connectivity index (χ3v) is 4.89. The van der Waals surface area contributed by atoms with E-state index in [0.717, 1.165) is 22.3 Å². The number of rotatable bonds is 5. The zero-order chi connectivity index (χ0) is 17.3. The van der Waals surface area contributed by atoms with Gasteiger partial charge in [-0.25, -0.2) is 14.2 Å². The van der Waals surface area contributed by atoms with Gasteiger partial charge in [0.05, 0.1) is 5.39 Å². The number of aryl methyl sites for hydroxylation is 1. The number of hydrogen-bond acceptors (Lipinski definition) is 4. The maximum atomic E-state index is 12.8. The molecule has 2 heterocycles. The molecule has 1 aromatic carbocycles. The molecule has 0 bridgehead atoms. The zero-order valence-corrected chi connectivity index (χ0v) is 13.8. The normalized spacial score (nSPS) is 12.4. The number of aliphatic carboxylic acids is 1. The Hall–Kier alpha value is -2.67. The van der Waals surface area contributed by atoms with Crippen molar-refractivity contribution in [2.75, 3.05) is 0 Å². The average molecular weight is 344 g/mol. The van der Waals surface area contributed by atoms with Crippen LogP contribution in [0.3, 0.4) is 0 Å². The molecule has 124 valence electrons. The number of aromatic nitrogens is 2. The molecule has 0 aliphatic carbocycles. The van der Waals surface area contributed by atoms with Crippen molar-refractivity contribution in [2.45, 2.75) is 25.8 Å². The van der Waals surface area contributed by atoms with Crippen molar-refractivity contribution in [3.63, 3.8) is 0 Å². The zero-order valence-electron chi connectivity index (χ0n) is 13.0. The van der Waals surface area contributed by atoms with E-state index in [-0.39, 0.29) is 0 Å². The van der Waals surface area contributed by atoms with Gasteiger partial charge in [0.2, 0.25) is 0 Å². The highest BCUT2D eigenvalue weighted by molar-refractivity contribution is 7.18. The Kier molecular flexibility index (Phi) is 4.35. The minimum atomic E-state index is -1.36. The first-order valence-corrected chi connectivity index (χ1v) is 8.39. The quantitative estimate of drug-likeness (QED) is 0.743. The van der Waals surface area contributed by atoms with Crippen molar-refractivity contribution in [3.8, 4) is 0 Å². The topological polar surface area (TPSA) is 92.2 Å². The molecule has 1 unspecified atom stereocenters. The van der Waals surface area contributed by atoms with Gasteiger partial charge in [-0.15, -0.1) is 11.3 Å². The SMILES string of the molecule is CCCc1cc2c(=O)n(C(C(=O)O)c3ccccc3)c(=O)[nH]c2s1. The van der Waals surface area contributed by atoms with Gasteiger partial charge in [0.25, 0.3) is 5.56 Å². The molecule has 0 spiro atoms. The smallest absolute Gasteiger partial charge is 0.331 e. The van der Waals surface area contributed by atoms with Gasteiger partial charge in [-0.1, -0.05) is 43.7 Å². The minimum absolute atomic E-state index is 0.352. The van der Waals surface area contributed by atoms with E-state index >= 15 is 0 Å². The van der Waals surface area contributed by atoms with Gasteiger partial charge >= 0.3 is 11.7 Å². The molecule has 7 heteroatoms. The molecule has 3 rings (SSSR count). The number of fused-ring (bicyclic) bond motifs is 1. The highest BCUT2D eigenvalue weighted by atomic mass is 32.1. The van der Waals surface area contributed by atoms with Crippen LogP contribution in [0.25, 0.3) is 10.2 Å². The van der Waals surface area contributed by atoms with Crippen molar-refractivity contribution in [3.05, 3.63) is 67.7 Å². The monoisotopic (exact) mass is 344 g/mol. The van der Waals surface area contributed by atoms with Crippen LogP contribution in [0.5, 0.6) is 0 Å². The largest absolute Gasteiger partial charge is 0.479 e. The summed E-state index contributed by atoms with van der Waals surface area (Å²) in [7, 11) is 0. The Balaban J connectivity index is 2.26. The van der Waals surface area contributed by atoms with Crippen molar-refractivity contribution in [2.24, 2.45) is 0 Å². The summed E-state index contributed by atoms with van der Waals surface area (Å²) >= 11 is 1.36. The number of carboxylic acids is 1. The molecule has 0 saturated carbocycles. The summed E-state index contributed by atoms with van der Waals surface area (Å²) in [5.41, 5.74) is -0.918. The molecule has 0 radical (unpaired) electrons. The number of aromatic amines is 1. The van der Waals surface area contributed by atoms with Gasteiger partial charge in [-0.05, 0) is 18.1 Å². The molecule has 0 amide bonds. The third kappa shape index (κ3) is 2.78. The van der Waals surface area contributed by atoms with Crippen molar-refractivity contribution in [1.82, 2.24) is 9.55 Å². The number of hydrogen-bond donors (Lipinski definition) is 2. The molecular formula is C17H16N2O4S. The Morgan fingerprint density at radius 2 is 2.00 bits per heavy atom. The second-order valence-corrected chi connectivity index (χ2v) is 6.60. The van der Waals surface area contributed by atoms with Gasteiger partial charge in [0, 0.05) is 4.88 Å². The Morgan fingerprint density at radius 1 is 1.29 bits per heavy atom. The van der Waals surface area contributed by atoms with Crippen molar-refractivity contribution in [1.29, 1.82) is 0 Å². The van der Waals surface area contributed by atoms with Gasteiger partial charge in [-0.3, -0.25) is 9.78 Å². The molecule has 0 fully saturated rings. The molecular weight excluding hydrogens is 328 g/mol. The van der Waals surface area contributed by atoms with Crippen LogP contribution in [0, 0.1) is 0 Å². The fourth-order valence-electron chi connectivity index (χ4n) is 2.71. The van der Waals surface area contributed by atoms with Crippen LogP contribution >= 0.6 is 11.3 Å². The van der Waals surface area contributed by atoms with E-state index in [1.54, 1.807) is 36.4 Å². The Bertz CT molecular complexity index is 1000. The first-order chi connectivity index (χ1) is 11.5. The number of carboxylic acid groups (broad SMARTS) is 1. The van der Waals surface area contributed by atoms with Crippen LogP contribution in [0.4, 0.5) is 0 Å². The Morgan fingerprint density at radius 3 is 2.62 bits per heavy atom. The number of nitrogens with zero attached hydrogens (tertiary/aromatic N) is 1. The molecule has 6 nitrogen and oxygen atoms in total. The van der Waals surface area contributed by atoms with Crippen molar-refractivity contribution < 1.29 is 9.90 Å². The summed E-state index contributed by atoms with van der Waals surface area (Å²) in [4.78, 5) is 41.0. The Labute approximate surface area is 141 Å². The maximum absolute atomic E-state index is 12.8. The summed E-state index contributed by atoms with van der Waals surface area (Å²) in [5.74, 6) is -1.25. The summed E-state index contributed by atoms with van der Waals surface area (Å²) < 4.78 is 0.780. The highest BCUT2D eigenvalue weighted by Gasteiger charge is 2.26. The third-order valence-electron chi connectivity index (χ3n) is 3.78. The lowest BCUT2D eigenvalue weighted by Gasteiger charge is -2.14. The molecule has 0 aliphatic rings. The van der Waals surface area contributed by atoms with E-state index < -0.39 is 23.3 Å². The lowest BCUT2D eigenvalue weighted by Crippen LogP contribution is -2.41. The molecule has 2 N–H and O–H groups in total. The van der Waals surface area contributed by atoms with Crippen LogP contribution in [0.15, 0.2) is 46.0 Å². The molecule has 2 aromatic heterocycles. The predicted octanol–water partition coefficient (Wildman–Crippen LogP) is 2.38. The fraction of sp³-hybridized carbons (Fsp3) is 0.235. The average Bonchev–Trinajstić information content (AvgIpc) is 2.95. The summed E-state index contributed by atoms with van der Waals surface area (Å²) in [6, 6.07) is 8.65. The number of carbonyl (C=O) groups is 1. The van der Waals surface area contributed by atoms with Gasteiger partial charge in [0.1, 0.15) is 4.83 Å². The van der Waals surface area contributed by atoms with Crippen LogP contribution in [-0.2, 0) is 11.2 Å². The summed E-state index contributed by atoms with van der Waals surface area (Å²) in [6.45, 7) is 2.03. The highest BCUT2D eigenvalue weighted by Crippen LogP contribution is 2.23. The first kappa shape index (κ1) is 16.2. The summed E-state index contributed by atoms with van der Waals surface area (Å²) in [6.07, 6.45) is 1.73. The summed E-state index contributed by atoms with van der Waals surface area (Å²) in [5, 5.41) is 9.93. The minimum Gasteiger partial charge on any atom is -0.479 e. The number of thiophene rings is 1. The fourth-order valence-corrected chi connectivity index (χ4v) is 3.85. The molecule has 0 aliphatic heterocycles. The lowest BCUT2D eigenvalue weighted by molar-refractivity contribution is -0.139.